The van der Waals surface area contributed by atoms with E-state index >= 15 is 0 Å². The molecule has 0 N–H and O–H groups in total. The second-order valence-electron chi connectivity index (χ2n) is 6.68. The van der Waals surface area contributed by atoms with Gasteiger partial charge in [0.15, 0.2) is 6.29 Å². The highest BCUT2D eigenvalue weighted by molar-refractivity contribution is 6.13. The number of benzene rings is 2. The first-order chi connectivity index (χ1) is 14.0. The van der Waals surface area contributed by atoms with Gasteiger partial charge < -0.3 is 14.2 Å². The number of hydrogen-bond donors (Lipinski definition) is 0. The van der Waals surface area contributed by atoms with Crippen molar-refractivity contribution in [1.29, 1.82) is 0 Å². The Labute approximate surface area is 173 Å². The lowest BCUT2D eigenvalue weighted by Crippen LogP contribution is -1.98. The molecule has 0 heterocycles. The Morgan fingerprint density at radius 1 is 1.03 bits per heavy atom. The van der Waals surface area contributed by atoms with Crippen LogP contribution in [0.2, 0.25) is 0 Å². The van der Waals surface area contributed by atoms with Gasteiger partial charge in [0.25, 0.3) is 0 Å². The Kier molecular flexibility index (Phi) is 8.28. The molecular weight excluding hydrogens is 364 g/mol. The quantitative estimate of drug-likeness (QED) is 0.127. The molecule has 0 spiro atoms. The molecular formula is C25H28O4. The summed E-state index contributed by atoms with van der Waals surface area (Å²) in [6.07, 6.45) is 4.39. The fraction of sp³-hybridized carbons (Fsp3) is 0.240. The molecule has 0 aliphatic carbocycles. The maximum absolute atomic E-state index is 11.6. The van der Waals surface area contributed by atoms with Crippen molar-refractivity contribution in [1.82, 2.24) is 0 Å². The van der Waals surface area contributed by atoms with Gasteiger partial charge in [-0.05, 0) is 60.7 Å². The Balaban J connectivity index is 2.12. The lowest BCUT2D eigenvalue weighted by molar-refractivity contribution is -0.103. The van der Waals surface area contributed by atoms with Gasteiger partial charge in [-0.2, -0.15) is 0 Å². The largest absolute Gasteiger partial charge is 0.497 e. The third-order valence-corrected chi connectivity index (χ3v) is 4.52. The van der Waals surface area contributed by atoms with Gasteiger partial charge >= 0.3 is 0 Å². The molecule has 0 aliphatic rings. The Morgan fingerprint density at radius 3 is 2.34 bits per heavy atom. The van der Waals surface area contributed by atoms with Gasteiger partial charge in [0, 0.05) is 11.1 Å². The minimum atomic E-state index is 0.574. The Morgan fingerprint density at radius 2 is 1.76 bits per heavy atom. The van der Waals surface area contributed by atoms with Crippen LogP contribution in [0.3, 0.4) is 0 Å². The summed E-state index contributed by atoms with van der Waals surface area (Å²) < 4.78 is 16.3. The fourth-order valence-corrected chi connectivity index (χ4v) is 2.76. The molecule has 0 aliphatic heterocycles. The van der Waals surface area contributed by atoms with Crippen LogP contribution in [0.15, 0.2) is 67.0 Å². The average Bonchev–Trinajstić information content (AvgIpc) is 2.75. The molecule has 0 bridgehead atoms. The third kappa shape index (κ3) is 6.39. The summed E-state index contributed by atoms with van der Waals surface area (Å²) in [5.41, 5.74) is 4.22. The van der Waals surface area contributed by atoms with Crippen LogP contribution in [0.5, 0.6) is 11.5 Å². The zero-order valence-electron chi connectivity index (χ0n) is 17.4. The number of methoxy groups -OCH3 is 2. The molecule has 152 valence electrons. The molecule has 0 saturated heterocycles. The monoisotopic (exact) mass is 392 g/mol. The molecule has 0 radical (unpaired) electrons. The topological polar surface area (TPSA) is 44.8 Å². The number of ether oxygens (including phenoxy) is 3. The zero-order chi connectivity index (χ0) is 21.2. The molecule has 0 amide bonds. The van der Waals surface area contributed by atoms with E-state index in [1.807, 2.05) is 55.5 Å². The third-order valence-electron chi connectivity index (χ3n) is 4.52. The highest BCUT2D eigenvalue weighted by Crippen LogP contribution is 2.26. The number of aldehydes is 1. The van der Waals surface area contributed by atoms with E-state index in [0.717, 1.165) is 52.9 Å². The first-order valence-electron chi connectivity index (χ1n) is 9.44. The number of allylic oxidation sites excluding steroid dienone is 2. The predicted octanol–water partition coefficient (Wildman–Crippen LogP) is 5.48. The summed E-state index contributed by atoms with van der Waals surface area (Å²) in [5.74, 6) is 2.10. The van der Waals surface area contributed by atoms with Gasteiger partial charge in [0.1, 0.15) is 17.3 Å². The summed E-state index contributed by atoms with van der Waals surface area (Å²) in [5, 5.41) is 0. The summed E-state index contributed by atoms with van der Waals surface area (Å²) in [6.45, 7) is 10.1. The average molecular weight is 392 g/mol. The number of hydrogen-bond acceptors (Lipinski definition) is 4. The van der Waals surface area contributed by atoms with E-state index in [1.165, 1.54) is 0 Å². The molecule has 2 aromatic carbocycles. The van der Waals surface area contributed by atoms with Crippen molar-refractivity contribution in [2.24, 2.45) is 0 Å². The molecule has 0 aromatic heterocycles. The van der Waals surface area contributed by atoms with Gasteiger partial charge in [-0.1, -0.05) is 37.4 Å². The molecule has 29 heavy (non-hydrogen) atoms. The molecule has 0 saturated carbocycles. The van der Waals surface area contributed by atoms with Crippen molar-refractivity contribution in [3.05, 3.63) is 83.6 Å². The van der Waals surface area contributed by atoms with Crippen molar-refractivity contribution < 1.29 is 19.0 Å². The van der Waals surface area contributed by atoms with E-state index in [0.29, 0.717) is 17.9 Å². The minimum absolute atomic E-state index is 0.574. The number of carbonyl (C=O) groups is 1. The molecule has 0 atom stereocenters. The van der Waals surface area contributed by atoms with Crippen molar-refractivity contribution in [2.45, 2.75) is 19.8 Å². The van der Waals surface area contributed by atoms with E-state index in [-0.39, 0.29) is 0 Å². The highest BCUT2D eigenvalue weighted by atomic mass is 16.5. The lowest BCUT2D eigenvalue weighted by atomic mass is 10.0. The van der Waals surface area contributed by atoms with Crippen molar-refractivity contribution >= 4 is 17.9 Å². The van der Waals surface area contributed by atoms with Gasteiger partial charge in [-0.25, -0.2) is 0 Å². The first kappa shape index (κ1) is 22.0. The highest BCUT2D eigenvalue weighted by Gasteiger charge is 2.07. The van der Waals surface area contributed by atoms with Gasteiger partial charge in [0.05, 0.1) is 20.8 Å². The van der Waals surface area contributed by atoms with Crippen LogP contribution in [0.25, 0.3) is 11.6 Å². The Hall–Kier alpha value is -3.27. The van der Waals surface area contributed by atoms with Gasteiger partial charge in [-0.15, -0.1) is 0 Å². The van der Waals surface area contributed by atoms with Crippen LogP contribution < -0.4 is 9.47 Å². The SMILES string of the molecule is C=C(C)C(=C)OCCCc1ccc(/C=C(\C=O)c2ccc(OC)cc2)c(OC)c1. The normalized spacial score (nSPS) is 10.9. The number of carbonyl (C=O) groups excluding carboxylic acids is 1. The summed E-state index contributed by atoms with van der Waals surface area (Å²) >= 11 is 0. The minimum Gasteiger partial charge on any atom is -0.497 e. The van der Waals surface area contributed by atoms with E-state index in [4.69, 9.17) is 14.2 Å². The lowest BCUT2D eigenvalue weighted by Gasteiger charge is -2.11. The van der Waals surface area contributed by atoms with Crippen LogP contribution >= 0.6 is 0 Å². The van der Waals surface area contributed by atoms with Crippen molar-refractivity contribution in [3.8, 4) is 11.5 Å². The zero-order valence-corrected chi connectivity index (χ0v) is 17.4. The van der Waals surface area contributed by atoms with Crippen LogP contribution in [-0.4, -0.2) is 27.1 Å². The van der Waals surface area contributed by atoms with E-state index in [2.05, 4.69) is 13.2 Å². The summed E-state index contributed by atoms with van der Waals surface area (Å²) in [7, 11) is 3.24. The molecule has 2 aromatic rings. The van der Waals surface area contributed by atoms with Crippen molar-refractivity contribution in [2.75, 3.05) is 20.8 Å². The summed E-state index contributed by atoms with van der Waals surface area (Å²) in [6, 6.07) is 13.4. The van der Waals surface area contributed by atoms with E-state index in [9.17, 15) is 4.79 Å². The van der Waals surface area contributed by atoms with E-state index in [1.54, 1.807) is 14.2 Å². The smallest absolute Gasteiger partial charge is 0.150 e. The molecule has 2 rings (SSSR count). The van der Waals surface area contributed by atoms with Crippen LogP contribution in [0, 0.1) is 0 Å². The number of aryl methyl sites for hydroxylation is 1. The fourth-order valence-electron chi connectivity index (χ4n) is 2.76. The van der Waals surface area contributed by atoms with E-state index < -0.39 is 0 Å². The number of rotatable bonds is 11. The maximum atomic E-state index is 11.6. The van der Waals surface area contributed by atoms with Crippen LogP contribution in [0.1, 0.15) is 30.0 Å². The van der Waals surface area contributed by atoms with Crippen LogP contribution in [-0.2, 0) is 16.0 Å². The molecule has 0 unspecified atom stereocenters. The summed E-state index contributed by atoms with van der Waals surface area (Å²) in [4.78, 5) is 11.6. The first-order valence-corrected chi connectivity index (χ1v) is 9.44. The van der Waals surface area contributed by atoms with Crippen LogP contribution in [0.4, 0.5) is 0 Å². The second kappa shape index (κ2) is 10.9. The van der Waals surface area contributed by atoms with Gasteiger partial charge in [-0.3, -0.25) is 4.79 Å². The molecule has 4 nitrogen and oxygen atoms in total. The second-order valence-corrected chi connectivity index (χ2v) is 6.68. The molecule has 4 heteroatoms. The standard InChI is InChI=1S/C25H28O4/c1-18(2)19(3)29-14-6-7-20-8-9-22(25(15-20)28-5)16-23(17-26)21-10-12-24(27-4)13-11-21/h8-13,15-17H,1,3,6-7,14H2,2,4-5H3/b23-16+. The Bertz CT molecular complexity index is 892. The predicted molar refractivity (Wildman–Crippen MR) is 118 cm³/mol. The maximum Gasteiger partial charge on any atom is 0.150 e. The van der Waals surface area contributed by atoms with Crippen molar-refractivity contribution in [3.63, 3.8) is 0 Å². The van der Waals surface area contributed by atoms with Gasteiger partial charge in [0.2, 0.25) is 0 Å². The molecule has 0 fully saturated rings.